The number of nitrogens with zero attached hydrogens (tertiary/aromatic N) is 4. The summed E-state index contributed by atoms with van der Waals surface area (Å²) in [6.45, 7) is 0. The summed E-state index contributed by atoms with van der Waals surface area (Å²) < 4.78 is 24.0. The highest BCUT2D eigenvalue weighted by Crippen LogP contribution is 2.22. The molecule has 0 aliphatic carbocycles. The van der Waals surface area contributed by atoms with Crippen LogP contribution >= 0.6 is 0 Å². The predicted octanol–water partition coefficient (Wildman–Crippen LogP) is -1.27. The molecule has 1 fully saturated rings. The minimum absolute atomic E-state index is 0.0615. The highest BCUT2D eigenvalue weighted by atomic mass is 32.2. The molecule has 0 radical (unpaired) electrons. The molecule has 1 unspecified atom stereocenters. The van der Waals surface area contributed by atoms with Crippen LogP contribution < -0.4 is 5.73 Å². The van der Waals surface area contributed by atoms with Gasteiger partial charge in [0.2, 0.25) is 11.7 Å². The average molecular weight is 245 g/mol. The molecule has 1 saturated heterocycles. The van der Waals surface area contributed by atoms with Crippen molar-refractivity contribution in [2.75, 3.05) is 11.5 Å². The van der Waals surface area contributed by atoms with E-state index < -0.39 is 9.84 Å². The number of rotatable bonds is 2. The summed E-state index contributed by atoms with van der Waals surface area (Å²) in [6, 6.07) is -0.210. The molecular weight excluding hydrogens is 234 g/mol. The third-order valence-electron chi connectivity index (χ3n) is 2.43. The Bertz CT molecular complexity index is 520. The molecule has 3 N–H and O–H groups in total. The van der Waals surface area contributed by atoms with E-state index in [2.05, 4.69) is 15.2 Å². The maximum absolute atomic E-state index is 11.3. The highest BCUT2D eigenvalue weighted by Gasteiger charge is 2.30. The van der Waals surface area contributed by atoms with Crippen molar-refractivity contribution in [2.45, 2.75) is 12.5 Å². The van der Waals surface area contributed by atoms with Gasteiger partial charge in [-0.25, -0.2) is 18.1 Å². The standard InChI is InChI=1S/C7H11N5O3S/c8-6(11-13)7-9-4-12(10-7)5-1-2-16(14,15)3-5/h4-5,13H,1-3H2,(H2,8,11). The van der Waals surface area contributed by atoms with Gasteiger partial charge in [-0.15, -0.1) is 5.10 Å². The number of amidine groups is 1. The third-order valence-corrected chi connectivity index (χ3v) is 4.18. The molecule has 9 heteroatoms. The molecule has 0 aromatic carbocycles. The van der Waals surface area contributed by atoms with Gasteiger partial charge in [-0.2, -0.15) is 0 Å². The van der Waals surface area contributed by atoms with Gasteiger partial charge in [0.1, 0.15) is 6.33 Å². The van der Waals surface area contributed by atoms with E-state index in [-0.39, 0.29) is 29.2 Å². The first-order valence-corrected chi connectivity index (χ1v) is 6.43. The van der Waals surface area contributed by atoms with Crippen LogP contribution in [0.15, 0.2) is 11.5 Å². The topological polar surface area (TPSA) is 123 Å². The Morgan fingerprint density at radius 3 is 3.00 bits per heavy atom. The number of oxime groups is 1. The molecule has 1 aromatic heterocycles. The van der Waals surface area contributed by atoms with Crippen molar-refractivity contribution in [1.29, 1.82) is 0 Å². The molecule has 0 saturated carbocycles. The van der Waals surface area contributed by atoms with E-state index in [1.165, 1.54) is 11.0 Å². The van der Waals surface area contributed by atoms with Gasteiger partial charge in [-0.1, -0.05) is 5.16 Å². The molecule has 1 aromatic rings. The van der Waals surface area contributed by atoms with Crippen LogP contribution in [-0.4, -0.2) is 45.7 Å². The van der Waals surface area contributed by atoms with Crippen LogP contribution in [0.4, 0.5) is 0 Å². The first kappa shape index (κ1) is 10.9. The van der Waals surface area contributed by atoms with Gasteiger partial charge in [0, 0.05) is 0 Å². The largest absolute Gasteiger partial charge is 0.409 e. The second-order valence-electron chi connectivity index (χ2n) is 3.59. The Morgan fingerprint density at radius 1 is 1.69 bits per heavy atom. The van der Waals surface area contributed by atoms with Gasteiger partial charge < -0.3 is 10.9 Å². The predicted molar refractivity (Wildman–Crippen MR) is 54.8 cm³/mol. The first-order chi connectivity index (χ1) is 7.52. The number of sulfone groups is 1. The normalized spacial score (nSPS) is 24.8. The van der Waals surface area contributed by atoms with E-state index in [0.717, 1.165) is 0 Å². The van der Waals surface area contributed by atoms with Crippen molar-refractivity contribution in [3.63, 3.8) is 0 Å². The zero-order valence-corrected chi connectivity index (χ0v) is 9.13. The zero-order valence-electron chi connectivity index (χ0n) is 8.31. The van der Waals surface area contributed by atoms with Crippen molar-refractivity contribution < 1.29 is 13.6 Å². The Labute approximate surface area is 91.7 Å². The Morgan fingerprint density at radius 2 is 2.44 bits per heavy atom. The zero-order chi connectivity index (χ0) is 11.8. The molecule has 1 aliphatic rings. The summed E-state index contributed by atoms with van der Waals surface area (Å²) in [7, 11) is -2.96. The molecular formula is C7H11N5O3S. The van der Waals surface area contributed by atoms with Crippen LogP contribution in [0.1, 0.15) is 18.3 Å². The SMILES string of the molecule is NC(=NO)c1ncn(C2CCS(=O)(=O)C2)n1. The van der Waals surface area contributed by atoms with Crippen LogP contribution in [0.3, 0.4) is 0 Å². The van der Waals surface area contributed by atoms with E-state index in [4.69, 9.17) is 10.9 Å². The van der Waals surface area contributed by atoms with Crippen molar-refractivity contribution in [3.05, 3.63) is 12.2 Å². The minimum atomic E-state index is -2.96. The van der Waals surface area contributed by atoms with Crippen LogP contribution in [0, 0.1) is 0 Å². The average Bonchev–Trinajstić information content (AvgIpc) is 2.83. The van der Waals surface area contributed by atoms with E-state index in [1.54, 1.807) is 0 Å². The molecule has 0 amide bonds. The van der Waals surface area contributed by atoms with E-state index in [9.17, 15) is 8.42 Å². The smallest absolute Gasteiger partial charge is 0.219 e. The summed E-state index contributed by atoms with van der Waals surface area (Å²) in [4.78, 5) is 3.82. The second kappa shape index (κ2) is 3.74. The van der Waals surface area contributed by atoms with E-state index in [0.29, 0.717) is 6.42 Å². The lowest BCUT2D eigenvalue weighted by atomic mass is 10.3. The highest BCUT2D eigenvalue weighted by molar-refractivity contribution is 7.91. The lowest BCUT2D eigenvalue weighted by molar-refractivity contribution is 0.318. The molecule has 1 aliphatic heterocycles. The van der Waals surface area contributed by atoms with E-state index in [1.807, 2.05) is 0 Å². The third kappa shape index (κ3) is 1.98. The van der Waals surface area contributed by atoms with Crippen molar-refractivity contribution in [2.24, 2.45) is 10.9 Å². The summed E-state index contributed by atoms with van der Waals surface area (Å²) in [5, 5.41) is 15.1. The fourth-order valence-electron chi connectivity index (χ4n) is 1.60. The molecule has 2 rings (SSSR count). The number of nitrogens with two attached hydrogens (primary N) is 1. The van der Waals surface area contributed by atoms with Crippen molar-refractivity contribution >= 4 is 15.7 Å². The van der Waals surface area contributed by atoms with Crippen LogP contribution in [0.25, 0.3) is 0 Å². The molecule has 0 bridgehead atoms. The monoisotopic (exact) mass is 245 g/mol. The summed E-state index contributed by atoms with van der Waals surface area (Å²) in [5.74, 6) is 0.119. The number of hydrogen-bond donors (Lipinski definition) is 2. The maximum Gasteiger partial charge on any atom is 0.219 e. The minimum Gasteiger partial charge on any atom is -0.409 e. The molecule has 1 atom stereocenters. The second-order valence-corrected chi connectivity index (χ2v) is 5.82. The van der Waals surface area contributed by atoms with Gasteiger partial charge in [0.15, 0.2) is 9.84 Å². The van der Waals surface area contributed by atoms with Gasteiger partial charge in [0.05, 0.1) is 17.5 Å². The fourth-order valence-corrected chi connectivity index (χ4v) is 3.30. The van der Waals surface area contributed by atoms with Crippen LogP contribution in [-0.2, 0) is 9.84 Å². The van der Waals surface area contributed by atoms with Gasteiger partial charge in [-0.3, -0.25) is 0 Å². The number of aromatic nitrogens is 3. The van der Waals surface area contributed by atoms with E-state index >= 15 is 0 Å². The number of hydrogen-bond acceptors (Lipinski definition) is 6. The fraction of sp³-hybridized carbons (Fsp3) is 0.571. The summed E-state index contributed by atoms with van der Waals surface area (Å²) in [6.07, 6.45) is 1.90. The van der Waals surface area contributed by atoms with Crippen molar-refractivity contribution in [3.8, 4) is 0 Å². The van der Waals surface area contributed by atoms with Gasteiger partial charge in [0.25, 0.3) is 0 Å². The molecule has 0 spiro atoms. The van der Waals surface area contributed by atoms with Gasteiger partial charge >= 0.3 is 0 Å². The molecule has 8 nitrogen and oxygen atoms in total. The molecule has 16 heavy (non-hydrogen) atoms. The van der Waals surface area contributed by atoms with Crippen LogP contribution in [0.5, 0.6) is 0 Å². The van der Waals surface area contributed by atoms with Crippen molar-refractivity contribution in [1.82, 2.24) is 14.8 Å². The van der Waals surface area contributed by atoms with Gasteiger partial charge in [-0.05, 0) is 6.42 Å². The molecule has 2 heterocycles. The first-order valence-electron chi connectivity index (χ1n) is 4.61. The maximum atomic E-state index is 11.3. The lowest BCUT2D eigenvalue weighted by Gasteiger charge is -2.05. The Balaban J connectivity index is 2.21. The Hall–Kier alpha value is -1.64. The summed E-state index contributed by atoms with van der Waals surface area (Å²) >= 11 is 0. The quantitative estimate of drug-likeness (QED) is 0.290. The lowest BCUT2D eigenvalue weighted by Crippen LogP contribution is -2.17. The summed E-state index contributed by atoms with van der Waals surface area (Å²) in [5.41, 5.74) is 5.30. The molecule has 88 valence electrons. The van der Waals surface area contributed by atoms with Crippen LogP contribution in [0.2, 0.25) is 0 Å². The Kier molecular flexibility index (Phi) is 2.54.